The molecule has 1 nitrogen and oxygen atoms in total. The minimum atomic E-state index is -1.91. The summed E-state index contributed by atoms with van der Waals surface area (Å²) >= 11 is 0. The lowest BCUT2D eigenvalue weighted by Gasteiger charge is -2.39. The van der Waals surface area contributed by atoms with Crippen molar-refractivity contribution in [2.45, 2.75) is 24.6 Å². The number of hydrogen-bond acceptors (Lipinski definition) is 1. The lowest BCUT2D eigenvalue weighted by atomic mass is 9.73. The van der Waals surface area contributed by atoms with E-state index >= 15 is 0 Å². The average Bonchev–Trinajstić information content (AvgIpc) is 2.00. The number of alkyl halides is 1. The second-order valence-corrected chi connectivity index (χ2v) is 3.73. The zero-order chi connectivity index (χ0) is 10.3. The van der Waals surface area contributed by atoms with Crippen LogP contribution in [0.25, 0.3) is 0 Å². The summed E-state index contributed by atoms with van der Waals surface area (Å²) in [4.78, 5) is 0. The van der Waals surface area contributed by atoms with Crippen LogP contribution < -0.4 is 5.73 Å². The Morgan fingerprint density at radius 2 is 1.71 bits per heavy atom. The third-order valence-electron chi connectivity index (χ3n) is 2.58. The molecule has 2 rings (SSSR count). The van der Waals surface area contributed by atoms with Crippen molar-refractivity contribution in [1.82, 2.24) is 0 Å². The van der Waals surface area contributed by atoms with Gasteiger partial charge in [0.15, 0.2) is 0 Å². The van der Waals surface area contributed by atoms with Gasteiger partial charge in [-0.15, -0.1) is 0 Å². The number of rotatable bonds is 1. The minimum absolute atomic E-state index is 0.00907. The summed E-state index contributed by atoms with van der Waals surface area (Å²) in [5, 5.41) is 0. The fourth-order valence-corrected chi connectivity index (χ4v) is 1.90. The van der Waals surface area contributed by atoms with E-state index in [1.54, 1.807) is 0 Å². The third kappa shape index (κ3) is 1.30. The number of hydrogen-bond donors (Lipinski definition) is 1. The Labute approximate surface area is 79.7 Å². The largest absolute Gasteiger partial charge is 0.327 e. The van der Waals surface area contributed by atoms with E-state index in [1.807, 2.05) is 0 Å². The van der Waals surface area contributed by atoms with Crippen LogP contribution in [0, 0.1) is 11.6 Å². The Hall–Kier alpha value is -1.03. The highest BCUT2D eigenvalue weighted by atomic mass is 19.2. The van der Waals surface area contributed by atoms with E-state index in [2.05, 4.69) is 0 Å². The van der Waals surface area contributed by atoms with Gasteiger partial charge in [0.05, 0.1) is 5.56 Å². The average molecular weight is 201 g/mol. The van der Waals surface area contributed by atoms with Crippen LogP contribution in [0.1, 0.15) is 18.4 Å². The molecule has 4 heteroatoms. The molecule has 0 aliphatic heterocycles. The highest BCUT2D eigenvalue weighted by Crippen LogP contribution is 2.46. The first-order chi connectivity index (χ1) is 6.53. The molecule has 1 aromatic carbocycles. The molecule has 0 atom stereocenters. The molecule has 0 unspecified atom stereocenters. The second kappa shape index (κ2) is 2.98. The van der Waals surface area contributed by atoms with Crippen LogP contribution in [0.15, 0.2) is 18.2 Å². The Morgan fingerprint density at radius 1 is 1.21 bits per heavy atom. The predicted molar refractivity (Wildman–Crippen MR) is 46.4 cm³/mol. The molecule has 0 amide bonds. The molecule has 0 aromatic heterocycles. The van der Waals surface area contributed by atoms with Crippen LogP contribution >= 0.6 is 0 Å². The van der Waals surface area contributed by atoms with Gasteiger partial charge in [-0.25, -0.2) is 13.2 Å². The fourth-order valence-electron chi connectivity index (χ4n) is 1.90. The van der Waals surface area contributed by atoms with Crippen molar-refractivity contribution < 1.29 is 13.2 Å². The molecule has 0 heterocycles. The first-order valence-corrected chi connectivity index (χ1v) is 4.42. The molecule has 0 radical (unpaired) electrons. The standard InChI is InChI=1S/C10H10F3N/c11-7-2-1-3-8(12)9(7)10(13)4-6(14)5-10/h1-3,6H,4-5,14H2. The smallest absolute Gasteiger partial charge is 0.144 e. The van der Waals surface area contributed by atoms with Gasteiger partial charge in [0.1, 0.15) is 17.3 Å². The van der Waals surface area contributed by atoms with Crippen molar-refractivity contribution in [3.63, 3.8) is 0 Å². The van der Waals surface area contributed by atoms with Gasteiger partial charge in [0.25, 0.3) is 0 Å². The van der Waals surface area contributed by atoms with E-state index in [0.717, 1.165) is 12.1 Å². The fraction of sp³-hybridized carbons (Fsp3) is 0.400. The van der Waals surface area contributed by atoms with Crippen molar-refractivity contribution >= 4 is 0 Å². The Kier molecular flexibility index (Phi) is 2.03. The monoisotopic (exact) mass is 201 g/mol. The van der Waals surface area contributed by atoms with Crippen LogP contribution in [0.2, 0.25) is 0 Å². The normalized spacial score (nSPS) is 31.3. The maximum atomic E-state index is 13.9. The van der Waals surface area contributed by atoms with E-state index in [9.17, 15) is 13.2 Å². The van der Waals surface area contributed by atoms with E-state index in [1.165, 1.54) is 6.07 Å². The lowest BCUT2D eigenvalue weighted by molar-refractivity contribution is 0.0329. The molecule has 1 aliphatic carbocycles. The summed E-state index contributed by atoms with van der Waals surface area (Å²) in [7, 11) is 0. The van der Waals surface area contributed by atoms with Crippen molar-refractivity contribution in [2.24, 2.45) is 5.73 Å². The first-order valence-electron chi connectivity index (χ1n) is 4.42. The van der Waals surface area contributed by atoms with E-state index in [0.29, 0.717) is 0 Å². The molecule has 1 fully saturated rings. The molecule has 1 saturated carbocycles. The van der Waals surface area contributed by atoms with E-state index in [4.69, 9.17) is 5.73 Å². The Bertz CT molecular complexity index is 338. The maximum absolute atomic E-state index is 13.9. The van der Waals surface area contributed by atoms with Crippen LogP contribution in [0.3, 0.4) is 0 Å². The van der Waals surface area contributed by atoms with Gasteiger partial charge in [-0.3, -0.25) is 0 Å². The van der Waals surface area contributed by atoms with E-state index in [-0.39, 0.29) is 18.9 Å². The van der Waals surface area contributed by atoms with Crippen molar-refractivity contribution in [3.8, 4) is 0 Å². The van der Waals surface area contributed by atoms with Crippen LogP contribution in [-0.4, -0.2) is 6.04 Å². The topological polar surface area (TPSA) is 26.0 Å². The number of nitrogens with two attached hydrogens (primary N) is 1. The SMILES string of the molecule is NC1CC(F)(c2c(F)cccc2F)C1. The molecule has 0 bridgehead atoms. The van der Waals surface area contributed by atoms with E-state index < -0.39 is 22.9 Å². The Balaban J connectivity index is 2.41. The zero-order valence-electron chi connectivity index (χ0n) is 7.43. The Morgan fingerprint density at radius 3 is 2.14 bits per heavy atom. The summed E-state index contributed by atoms with van der Waals surface area (Å²) in [5.41, 5.74) is 3.03. The number of benzene rings is 1. The van der Waals surface area contributed by atoms with Gasteiger partial charge >= 0.3 is 0 Å². The van der Waals surface area contributed by atoms with Crippen molar-refractivity contribution in [3.05, 3.63) is 35.4 Å². The summed E-state index contributed by atoms with van der Waals surface area (Å²) < 4.78 is 40.2. The maximum Gasteiger partial charge on any atom is 0.144 e. The summed E-state index contributed by atoms with van der Waals surface area (Å²) in [6.45, 7) is 0. The van der Waals surface area contributed by atoms with Gasteiger partial charge < -0.3 is 5.73 Å². The van der Waals surface area contributed by atoms with Gasteiger partial charge in [-0.2, -0.15) is 0 Å². The molecule has 0 spiro atoms. The van der Waals surface area contributed by atoms with Crippen LogP contribution in [0.5, 0.6) is 0 Å². The van der Waals surface area contributed by atoms with Crippen LogP contribution in [0.4, 0.5) is 13.2 Å². The molecule has 0 saturated heterocycles. The quantitative estimate of drug-likeness (QED) is 0.740. The highest BCUT2D eigenvalue weighted by molar-refractivity contribution is 5.29. The van der Waals surface area contributed by atoms with Crippen LogP contribution in [-0.2, 0) is 5.67 Å². The minimum Gasteiger partial charge on any atom is -0.327 e. The van der Waals surface area contributed by atoms with Crippen molar-refractivity contribution in [2.75, 3.05) is 0 Å². The number of halogens is 3. The lowest BCUT2D eigenvalue weighted by Crippen LogP contribution is -2.47. The second-order valence-electron chi connectivity index (χ2n) is 3.73. The predicted octanol–water partition coefficient (Wildman–Crippen LogP) is 2.25. The molecule has 1 aliphatic rings. The summed E-state index contributed by atoms with van der Waals surface area (Å²) in [6, 6.07) is 3.04. The first kappa shape index (κ1) is 9.52. The third-order valence-corrected chi connectivity index (χ3v) is 2.58. The molecule has 2 N–H and O–H groups in total. The zero-order valence-corrected chi connectivity index (χ0v) is 7.43. The van der Waals surface area contributed by atoms with Gasteiger partial charge in [0, 0.05) is 18.9 Å². The molecule has 1 aromatic rings. The van der Waals surface area contributed by atoms with Gasteiger partial charge in [0.2, 0.25) is 0 Å². The molecule has 14 heavy (non-hydrogen) atoms. The molecular weight excluding hydrogens is 191 g/mol. The van der Waals surface area contributed by atoms with Gasteiger partial charge in [-0.05, 0) is 12.1 Å². The van der Waals surface area contributed by atoms with Crippen molar-refractivity contribution in [1.29, 1.82) is 0 Å². The summed E-state index contributed by atoms with van der Waals surface area (Å²) in [5.74, 6) is -1.67. The molecule has 76 valence electrons. The molecular formula is C10H10F3N. The summed E-state index contributed by atoms with van der Waals surface area (Å²) in [6.07, 6.45) is -0.0181. The van der Waals surface area contributed by atoms with Gasteiger partial charge in [-0.1, -0.05) is 6.07 Å². The highest BCUT2D eigenvalue weighted by Gasteiger charge is 2.47.